The highest BCUT2D eigenvalue weighted by atomic mass is 32.1. The number of likely N-dealkylation sites (N-methyl/N-ethyl adjacent to an activating group) is 1. The van der Waals surface area contributed by atoms with Gasteiger partial charge in [0.2, 0.25) is 0 Å². The summed E-state index contributed by atoms with van der Waals surface area (Å²) in [6, 6.07) is 0.320. The molecule has 1 N–H and O–H groups in total. The summed E-state index contributed by atoms with van der Waals surface area (Å²) < 4.78 is 0. The Hall–Kier alpha value is -0.450. The van der Waals surface area contributed by atoms with Crippen LogP contribution < -0.4 is 0 Å². The number of thiazole rings is 1. The SMILES string of the molecule is CN(Cc1cscn1)[C@@H]1CCCC[C@H]1O. The summed E-state index contributed by atoms with van der Waals surface area (Å²) in [5, 5.41) is 12.0. The monoisotopic (exact) mass is 226 g/mol. The molecule has 0 saturated heterocycles. The van der Waals surface area contributed by atoms with Crippen LogP contribution in [0.25, 0.3) is 0 Å². The first-order chi connectivity index (χ1) is 7.27. The van der Waals surface area contributed by atoms with E-state index in [-0.39, 0.29) is 6.10 Å². The Balaban J connectivity index is 1.91. The lowest BCUT2D eigenvalue weighted by atomic mass is 9.91. The molecule has 2 rings (SSSR count). The normalized spacial score (nSPS) is 27.1. The molecule has 1 aliphatic rings. The average molecular weight is 226 g/mol. The van der Waals surface area contributed by atoms with Gasteiger partial charge in [0.05, 0.1) is 17.3 Å². The van der Waals surface area contributed by atoms with E-state index in [1.807, 2.05) is 5.51 Å². The second-order valence-electron chi connectivity index (χ2n) is 4.31. The van der Waals surface area contributed by atoms with Crippen LogP contribution in [0.1, 0.15) is 31.4 Å². The van der Waals surface area contributed by atoms with E-state index in [9.17, 15) is 5.11 Å². The minimum atomic E-state index is -0.151. The smallest absolute Gasteiger partial charge is 0.0795 e. The molecule has 1 fully saturated rings. The van der Waals surface area contributed by atoms with Gasteiger partial charge in [0.1, 0.15) is 0 Å². The lowest BCUT2D eigenvalue weighted by Gasteiger charge is -2.34. The summed E-state index contributed by atoms with van der Waals surface area (Å²) in [4.78, 5) is 6.51. The summed E-state index contributed by atoms with van der Waals surface area (Å²) in [7, 11) is 2.08. The Morgan fingerprint density at radius 1 is 1.53 bits per heavy atom. The van der Waals surface area contributed by atoms with Gasteiger partial charge in [-0.25, -0.2) is 4.98 Å². The maximum atomic E-state index is 9.91. The van der Waals surface area contributed by atoms with Gasteiger partial charge < -0.3 is 5.11 Å². The Morgan fingerprint density at radius 2 is 2.33 bits per heavy atom. The van der Waals surface area contributed by atoms with E-state index >= 15 is 0 Å². The van der Waals surface area contributed by atoms with Crippen LogP contribution in [0, 0.1) is 0 Å². The predicted molar refractivity (Wildman–Crippen MR) is 61.8 cm³/mol. The molecule has 84 valence electrons. The highest BCUT2D eigenvalue weighted by Crippen LogP contribution is 2.23. The minimum Gasteiger partial charge on any atom is -0.391 e. The van der Waals surface area contributed by atoms with Crippen molar-refractivity contribution in [3.63, 3.8) is 0 Å². The Morgan fingerprint density at radius 3 is 3.00 bits per heavy atom. The van der Waals surface area contributed by atoms with Crippen molar-refractivity contribution in [2.45, 2.75) is 44.4 Å². The molecular weight excluding hydrogens is 208 g/mol. The Kier molecular flexibility index (Phi) is 3.72. The summed E-state index contributed by atoms with van der Waals surface area (Å²) in [6.45, 7) is 0.852. The van der Waals surface area contributed by atoms with E-state index in [0.717, 1.165) is 25.1 Å². The highest BCUT2D eigenvalue weighted by Gasteiger charge is 2.26. The molecule has 1 aromatic rings. The van der Waals surface area contributed by atoms with Crippen LogP contribution in [0.3, 0.4) is 0 Å². The summed E-state index contributed by atoms with van der Waals surface area (Å²) in [5.41, 5.74) is 2.97. The largest absolute Gasteiger partial charge is 0.391 e. The van der Waals surface area contributed by atoms with Gasteiger partial charge in [-0.15, -0.1) is 11.3 Å². The molecule has 2 atom stereocenters. The van der Waals surface area contributed by atoms with Crippen LogP contribution >= 0.6 is 11.3 Å². The van der Waals surface area contributed by atoms with Crippen LogP contribution in [0.5, 0.6) is 0 Å². The molecule has 1 saturated carbocycles. The topological polar surface area (TPSA) is 36.4 Å². The molecular formula is C11H18N2OS. The molecule has 1 heterocycles. The highest BCUT2D eigenvalue weighted by molar-refractivity contribution is 7.07. The van der Waals surface area contributed by atoms with Crippen LogP contribution in [-0.2, 0) is 6.54 Å². The van der Waals surface area contributed by atoms with E-state index in [0.29, 0.717) is 6.04 Å². The van der Waals surface area contributed by atoms with E-state index in [4.69, 9.17) is 0 Å². The molecule has 0 spiro atoms. The molecule has 3 nitrogen and oxygen atoms in total. The number of hydrogen-bond acceptors (Lipinski definition) is 4. The Labute approximate surface area is 94.8 Å². The molecule has 0 bridgehead atoms. The van der Waals surface area contributed by atoms with Crippen molar-refractivity contribution in [1.29, 1.82) is 0 Å². The van der Waals surface area contributed by atoms with Crippen LogP contribution in [0.15, 0.2) is 10.9 Å². The number of nitrogens with zero attached hydrogens (tertiary/aromatic N) is 2. The summed E-state index contributed by atoms with van der Waals surface area (Å²) in [5.74, 6) is 0. The Bertz CT molecular complexity index is 289. The van der Waals surface area contributed by atoms with Gasteiger partial charge in [-0.3, -0.25) is 4.90 Å². The lowest BCUT2D eigenvalue weighted by Crippen LogP contribution is -2.42. The zero-order valence-corrected chi connectivity index (χ0v) is 9.91. The van der Waals surface area contributed by atoms with E-state index in [1.54, 1.807) is 11.3 Å². The first kappa shape index (κ1) is 11.0. The van der Waals surface area contributed by atoms with Crippen LogP contribution in [0.4, 0.5) is 0 Å². The molecule has 15 heavy (non-hydrogen) atoms. The first-order valence-corrected chi connectivity index (χ1v) is 6.47. The second kappa shape index (κ2) is 5.05. The molecule has 1 aliphatic carbocycles. The predicted octanol–water partition coefficient (Wildman–Crippen LogP) is 1.88. The van der Waals surface area contributed by atoms with Gasteiger partial charge in [-0.05, 0) is 19.9 Å². The minimum absolute atomic E-state index is 0.151. The maximum absolute atomic E-state index is 9.91. The van der Waals surface area contributed by atoms with Gasteiger partial charge in [-0.2, -0.15) is 0 Å². The number of hydrogen-bond donors (Lipinski definition) is 1. The fourth-order valence-corrected chi connectivity index (χ4v) is 2.84. The van der Waals surface area contributed by atoms with Gasteiger partial charge in [0.25, 0.3) is 0 Å². The molecule has 4 heteroatoms. The summed E-state index contributed by atoms with van der Waals surface area (Å²) in [6.07, 6.45) is 4.32. The van der Waals surface area contributed by atoms with Crippen LogP contribution in [0.2, 0.25) is 0 Å². The zero-order chi connectivity index (χ0) is 10.7. The summed E-state index contributed by atoms with van der Waals surface area (Å²) >= 11 is 1.63. The van der Waals surface area contributed by atoms with Crippen molar-refractivity contribution < 1.29 is 5.11 Å². The number of aliphatic hydroxyl groups is 1. The van der Waals surface area contributed by atoms with Crippen molar-refractivity contribution in [3.05, 3.63) is 16.6 Å². The molecule has 0 aromatic carbocycles. The molecule has 0 aliphatic heterocycles. The fourth-order valence-electron chi connectivity index (χ4n) is 2.29. The van der Waals surface area contributed by atoms with E-state index in [2.05, 4.69) is 22.3 Å². The number of aromatic nitrogens is 1. The molecule has 0 amide bonds. The third-order valence-corrected chi connectivity index (χ3v) is 3.79. The maximum Gasteiger partial charge on any atom is 0.0795 e. The van der Waals surface area contributed by atoms with E-state index in [1.165, 1.54) is 12.8 Å². The van der Waals surface area contributed by atoms with Crippen molar-refractivity contribution in [2.75, 3.05) is 7.05 Å². The second-order valence-corrected chi connectivity index (χ2v) is 5.03. The van der Waals surface area contributed by atoms with Gasteiger partial charge in [-0.1, -0.05) is 12.8 Å². The molecule has 1 aromatic heterocycles. The zero-order valence-electron chi connectivity index (χ0n) is 9.09. The number of rotatable bonds is 3. The van der Waals surface area contributed by atoms with Crippen molar-refractivity contribution in [2.24, 2.45) is 0 Å². The quantitative estimate of drug-likeness (QED) is 0.855. The van der Waals surface area contributed by atoms with Gasteiger partial charge in [0, 0.05) is 18.0 Å². The third kappa shape index (κ3) is 2.77. The van der Waals surface area contributed by atoms with Gasteiger partial charge >= 0.3 is 0 Å². The van der Waals surface area contributed by atoms with Gasteiger partial charge in [0.15, 0.2) is 0 Å². The van der Waals surface area contributed by atoms with Crippen molar-refractivity contribution >= 4 is 11.3 Å². The molecule has 0 radical (unpaired) electrons. The fraction of sp³-hybridized carbons (Fsp3) is 0.727. The van der Waals surface area contributed by atoms with E-state index < -0.39 is 0 Å². The third-order valence-electron chi connectivity index (χ3n) is 3.15. The van der Waals surface area contributed by atoms with Crippen LogP contribution in [-0.4, -0.2) is 34.2 Å². The standard InChI is InChI=1S/C11H18N2OS/c1-13(6-9-7-15-8-12-9)10-4-2-3-5-11(10)14/h7-8,10-11,14H,2-6H2,1H3/t10-,11-/m1/s1. The number of aliphatic hydroxyl groups excluding tert-OH is 1. The van der Waals surface area contributed by atoms with Crippen molar-refractivity contribution in [3.8, 4) is 0 Å². The molecule has 0 unspecified atom stereocenters. The lowest BCUT2D eigenvalue weighted by molar-refractivity contribution is 0.0284. The average Bonchev–Trinajstić information content (AvgIpc) is 2.71. The van der Waals surface area contributed by atoms with Crippen molar-refractivity contribution in [1.82, 2.24) is 9.88 Å². The first-order valence-electron chi connectivity index (χ1n) is 5.53.